The van der Waals surface area contributed by atoms with Crippen molar-refractivity contribution < 1.29 is 9.53 Å². The first-order chi connectivity index (χ1) is 18.2. The van der Waals surface area contributed by atoms with Crippen LogP contribution in [0.1, 0.15) is 86.0 Å². The van der Waals surface area contributed by atoms with E-state index in [4.69, 9.17) is 4.74 Å². The van der Waals surface area contributed by atoms with Gasteiger partial charge in [-0.3, -0.25) is 4.79 Å². The summed E-state index contributed by atoms with van der Waals surface area (Å²) in [6, 6.07) is 16.1. The lowest BCUT2D eigenvalue weighted by Crippen LogP contribution is -2.55. The number of piperidine rings is 1. The highest BCUT2D eigenvalue weighted by Gasteiger charge is 2.53. The van der Waals surface area contributed by atoms with Gasteiger partial charge >= 0.3 is 0 Å². The van der Waals surface area contributed by atoms with Gasteiger partial charge in [0, 0.05) is 37.5 Å². The van der Waals surface area contributed by atoms with Crippen LogP contribution < -0.4 is 10.1 Å². The molecule has 0 radical (unpaired) electrons. The number of benzene rings is 2. The van der Waals surface area contributed by atoms with Gasteiger partial charge in [-0.1, -0.05) is 61.7 Å². The SMILES string of the molecule is O=C([C@@H]1CNC[C@]12CCCc1c2ccc2c1OCC2)N1CC[C@@H](c2ccccc2)C[C@H]1C1CCCCC1. The number of carbonyl (C=O) groups excluding carboxylic acids is 1. The normalized spacial score (nSPS) is 31.7. The maximum atomic E-state index is 14.7. The summed E-state index contributed by atoms with van der Waals surface area (Å²) in [6.45, 7) is 3.45. The summed E-state index contributed by atoms with van der Waals surface area (Å²) in [7, 11) is 0. The molecule has 4 heteroatoms. The zero-order valence-corrected chi connectivity index (χ0v) is 22.2. The molecule has 0 unspecified atom stereocenters. The van der Waals surface area contributed by atoms with Crippen molar-refractivity contribution >= 4 is 5.91 Å². The quantitative estimate of drug-likeness (QED) is 0.584. The van der Waals surface area contributed by atoms with Crippen molar-refractivity contribution in [3.63, 3.8) is 0 Å². The Morgan fingerprint density at radius 2 is 1.84 bits per heavy atom. The van der Waals surface area contributed by atoms with Gasteiger partial charge in [0.15, 0.2) is 0 Å². The summed E-state index contributed by atoms with van der Waals surface area (Å²) >= 11 is 0. The third-order valence-corrected chi connectivity index (χ3v) is 10.7. The molecule has 4 nitrogen and oxygen atoms in total. The molecular formula is C33H42N2O2. The molecule has 0 aromatic heterocycles. The number of nitrogens with zero attached hydrogens (tertiary/aromatic N) is 1. The largest absolute Gasteiger partial charge is 0.493 e. The summed E-state index contributed by atoms with van der Waals surface area (Å²) in [5, 5.41) is 3.70. The van der Waals surface area contributed by atoms with Crippen molar-refractivity contribution in [1.29, 1.82) is 0 Å². The highest BCUT2D eigenvalue weighted by Crippen LogP contribution is 2.50. The molecule has 2 aliphatic carbocycles. The Hall–Kier alpha value is -2.33. The molecule has 1 saturated carbocycles. The smallest absolute Gasteiger partial charge is 0.228 e. The number of likely N-dealkylation sites (tertiary alicyclic amines) is 1. The first kappa shape index (κ1) is 23.8. The van der Waals surface area contributed by atoms with E-state index in [0.717, 1.165) is 70.5 Å². The highest BCUT2D eigenvalue weighted by atomic mass is 16.5. The Labute approximate surface area is 222 Å². The lowest BCUT2D eigenvalue weighted by molar-refractivity contribution is -0.143. The summed E-state index contributed by atoms with van der Waals surface area (Å²) in [4.78, 5) is 17.1. The van der Waals surface area contributed by atoms with Crippen LogP contribution in [0, 0.1) is 11.8 Å². The lowest BCUT2D eigenvalue weighted by atomic mass is 9.63. The van der Waals surface area contributed by atoms with Crippen LogP contribution in [0.3, 0.4) is 0 Å². The molecule has 4 atom stereocenters. The van der Waals surface area contributed by atoms with E-state index in [1.54, 1.807) is 0 Å². The van der Waals surface area contributed by atoms with Crippen LogP contribution in [0.2, 0.25) is 0 Å². The second kappa shape index (κ2) is 9.76. The van der Waals surface area contributed by atoms with E-state index in [0.29, 0.717) is 23.8 Å². The predicted octanol–water partition coefficient (Wildman–Crippen LogP) is 5.77. The van der Waals surface area contributed by atoms with Gasteiger partial charge in [-0.25, -0.2) is 0 Å². The molecular weight excluding hydrogens is 456 g/mol. The molecule has 37 heavy (non-hydrogen) atoms. The van der Waals surface area contributed by atoms with Gasteiger partial charge in [0.2, 0.25) is 5.91 Å². The molecule has 1 spiro atoms. The monoisotopic (exact) mass is 498 g/mol. The Balaban J connectivity index is 1.20. The fourth-order valence-corrected chi connectivity index (χ4v) is 8.84. The minimum absolute atomic E-state index is 0.0327. The van der Waals surface area contributed by atoms with Crippen LogP contribution in [0.4, 0.5) is 0 Å². The number of rotatable bonds is 3. The van der Waals surface area contributed by atoms with Crippen molar-refractivity contribution in [2.75, 3.05) is 26.2 Å². The number of fused-ring (bicyclic) bond motifs is 4. The van der Waals surface area contributed by atoms with Crippen LogP contribution in [-0.4, -0.2) is 43.1 Å². The molecule has 0 bridgehead atoms. The molecule has 3 heterocycles. The molecule has 2 aromatic carbocycles. The molecule has 7 rings (SSSR count). The number of ether oxygens (including phenoxy) is 1. The zero-order chi connectivity index (χ0) is 24.8. The van der Waals surface area contributed by atoms with Gasteiger partial charge in [-0.05, 0) is 79.0 Å². The van der Waals surface area contributed by atoms with Crippen LogP contribution in [0.5, 0.6) is 5.75 Å². The average Bonchev–Trinajstić information content (AvgIpc) is 3.62. The lowest BCUT2D eigenvalue weighted by Gasteiger charge is -2.48. The topological polar surface area (TPSA) is 41.6 Å². The van der Waals surface area contributed by atoms with Crippen molar-refractivity contribution in [2.45, 2.75) is 88.0 Å². The third kappa shape index (κ3) is 4.02. The van der Waals surface area contributed by atoms with Crippen LogP contribution in [0.25, 0.3) is 0 Å². The number of nitrogens with one attached hydrogen (secondary N) is 1. The van der Waals surface area contributed by atoms with Crippen molar-refractivity contribution in [2.24, 2.45) is 11.8 Å². The van der Waals surface area contributed by atoms with Crippen molar-refractivity contribution in [3.05, 3.63) is 64.7 Å². The fourth-order valence-electron chi connectivity index (χ4n) is 8.84. The van der Waals surface area contributed by atoms with Gasteiger partial charge in [0.25, 0.3) is 0 Å². The maximum absolute atomic E-state index is 14.7. The number of amides is 1. The van der Waals surface area contributed by atoms with E-state index in [-0.39, 0.29) is 11.3 Å². The Morgan fingerprint density at radius 3 is 2.70 bits per heavy atom. The third-order valence-electron chi connectivity index (χ3n) is 10.7. The van der Waals surface area contributed by atoms with Crippen molar-refractivity contribution in [3.8, 4) is 5.75 Å². The second-order valence-corrected chi connectivity index (χ2v) is 12.5. The van der Waals surface area contributed by atoms with E-state index in [1.165, 1.54) is 54.4 Å². The Kier molecular flexibility index (Phi) is 6.27. The molecule has 196 valence electrons. The van der Waals surface area contributed by atoms with Gasteiger partial charge in [-0.15, -0.1) is 0 Å². The van der Waals surface area contributed by atoms with E-state index in [2.05, 4.69) is 52.7 Å². The standard InChI is InChI=1S/C33H42N2O2/c36-32(29-21-34-22-33(29)17-7-12-27-28(33)14-13-25-16-19-37-31(25)27)35-18-15-26(23-8-3-1-4-9-23)20-30(35)24-10-5-2-6-11-24/h1,3-4,8-9,13-14,24,26,29-30,34H,2,5-7,10-12,15-22H2/t26-,29+,30+,33+/m1/s1. The summed E-state index contributed by atoms with van der Waals surface area (Å²) < 4.78 is 6.15. The van der Waals surface area contributed by atoms with E-state index < -0.39 is 0 Å². The Bertz CT molecular complexity index is 1140. The zero-order valence-electron chi connectivity index (χ0n) is 22.2. The van der Waals surface area contributed by atoms with Crippen LogP contribution in [0.15, 0.2) is 42.5 Å². The summed E-state index contributed by atoms with van der Waals surface area (Å²) in [6.07, 6.45) is 13.2. The minimum Gasteiger partial charge on any atom is -0.493 e. The van der Waals surface area contributed by atoms with Crippen molar-refractivity contribution in [1.82, 2.24) is 10.2 Å². The van der Waals surface area contributed by atoms with Gasteiger partial charge in [0.1, 0.15) is 5.75 Å². The van der Waals surface area contributed by atoms with Gasteiger partial charge < -0.3 is 15.0 Å². The first-order valence-electron chi connectivity index (χ1n) is 15.1. The summed E-state index contributed by atoms with van der Waals surface area (Å²) in [5.74, 6) is 2.85. The maximum Gasteiger partial charge on any atom is 0.228 e. The molecule has 1 N–H and O–H groups in total. The van der Waals surface area contributed by atoms with Crippen LogP contribution in [-0.2, 0) is 23.1 Å². The number of hydrogen-bond donors (Lipinski definition) is 1. The molecule has 5 aliphatic rings. The molecule has 3 aliphatic heterocycles. The highest BCUT2D eigenvalue weighted by molar-refractivity contribution is 5.82. The van der Waals surface area contributed by atoms with E-state index in [9.17, 15) is 4.79 Å². The predicted molar refractivity (Wildman–Crippen MR) is 147 cm³/mol. The molecule has 2 saturated heterocycles. The van der Waals surface area contributed by atoms with Gasteiger partial charge in [-0.2, -0.15) is 0 Å². The van der Waals surface area contributed by atoms with Crippen LogP contribution >= 0.6 is 0 Å². The average molecular weight is 499 g/mol. The molecule has 1 amide bonds. The minimum atomic E-state index is -0.0843. The second-order valence-electron chi connectivity index (χ2n) is 12.5. The van der Waals surface area contributed by atoms with E-state index >= 15 is 0 Å². The number of hydrogen-bond acceptors (Lipinski definition) is 3. The molecule has 3 fully saturated rings. The Morgan fingerprint density at radius 1 is 0.973 bits per heavy atom. The fraction of sp³-hybridized carbons (Fsp3) is 0.606. The number of carbonyl (C=O) groups is 1. The first-order valence-corrected chi connectivity index (χ1v) is 15.1. The van der Waals surface area contributed by atoms with E-state index in [1.807, 2.05) is 0 Å². The van der Waals surface area contributed by atoms with Gasteiger partial charge in [0.05, 0.1) is 12.5 Å². The summed E-state index contributed by atoms with van der Waals surface area (Å²) in [5.41, 5.74) is 5.57. The molecule has 2 aromatic rings.